The maximum absolute atomic E-state index is 12.3. The molecule has 21 heavy (non-hydrogen) atoms. The first-order valence-electron chi connectivity index (χ1n) is 6.20. The van der Waals surface area contributed by atoms with E-state index in [0.717, 1.165) is 4.47 Å². The topological polar surface area (TPSA) is 66.8 Å². The lowest BCUT2D eigenvalue weighted by Crippen LogP contribution is -2.52. The minimum atomic E-state index is -1.43. The maximum Gasteiger partial charge on any atom is 0.337 e. The predicted octanol–water partition coefficient (Wildman–Crippen LogP) is 3.28. The molecule has 112 valence electrons. The average molecular weight is 419 g/mol. The van der Waals surface area contributed by atoms with Crippen LogP contribution in [0.1, 0.15) is 13.8 Å². The van der Waals surface area contributed by atoms with Crippen molar-refractivity contribution in [2.45, 2.75) is 19.4 Å². The van der Waals surface area contributed by atoms with Crippen LogP contribution in [-0.4, -0.2) is 29.1 Å². The first-order valence-corrected chi connectivity index (χ1v) is 7.79. The van der Waals surface area contributed by atoms with E-state index < -0.39 is 23.2 Å². The number of anilines is 1. The molecule has 0 bridgehead atoms. The number of esters is 1. The maximum atomic E-state index is 12.3. The van der Waals surface area contributed by atoms with Crippen molar-refractivity contribution < 1.29 is 19.4 Å². The largest absolute Gasteiger partial charge is 0.502 e. The average Bonchev–Trinajstić information content (AvgIpc) is 2.63. The number of amides is 1. The van der Waals surface area contributed by atoms with Gasteiger partial charge in [0, 0.05) is 10.2 Å². The number of aliphatic hydroxyl groups is 1. The fourth-order valence-electron chi connectivity index (χ4n) is 2.15. The van der Waals surface area contributed by atoms with Gasteiger partial charge in [0.15, 0.2) is 11.3 Å². The lowest BCUT2D eigenvalue weighted by atomic mass is 10.0. The van der Waals surface area contributed by atoms with E-state index in [2.05, 4.69) is 31.9 Å². The first-order chi connectivity index (χ1) is 9.83. The minimum absolute atomic E-state index is 0.0985. The summed E-state index contributed by atoms with van der Waals surface area (Å²) in [5.41, 5.74) is -0.940. The number of hydrogen-bond acceptors (Lipinski definition) is 4. The second kappa shape index (κ2) is 5.81. The van der Waals surface area contributed by atoms with Crippen LogP contribution in [0.25, 0.3) is 0 Å². The molecule has 1 heterocycles. The van der Waals surface area contributed by atoms with E-state index in [9.17, 15) is 14.7 Å². The van der Waals surface area contributed by atoms with Crippen LogP contribution in [0.4, 0.5) is 5.69 Å². The summed E-state index contributed by atoms with van der Waals surface area (Å²) in [5.74, 6) is -1.76. The number of halogens is 2. The first kappa shape index (κ1) is 16.0. The predicted molar refractivity (Wildman–Crippen MR) is 85.2 cm³/mol. The van der Waals surface area contributed by atoms with Crippen molar-refractivity contribution in [2.75, 3.05) is 11.5 Å². The van der Waals surface area contributed by atoms with E-state index in [1.807, 2.05) is 0 Å². The summed E-state index contributed by atoms with van der Waals surface area (Å²) in [6.45, 7) is 3.38. The van der Waals surface area contributed by atoms with Crippen LogP contribution in [0.15, 0.2) is 39.0 Å². The quantitative estimate of drug-likeness (QED) is 0.765. The van der Waals surface area contributed by atoms with Crippen LogP contribution in [-0.2, 0) is 14.3 Å². The Balaban J connectivity index is 2.55. The van der Waals surface area contributed by atoms with Crippen LogP contribution >= 0.6 is 31.9 Å². The van der Waals surface area contributed by atoms with E-state index in [0.29, 0.717) is 5.69 Å². The van der Waals surface area contributed by atoms with Crippen molar-refractivity contribution in [2.24, 2.45) is 0 Å². The molecule has 0 saturated heterocycles. The molecule has 5 nitrogen and oxygen atoms in total. The zero-order valence-electron chi connectivity index (χ0n) is 11.4. The summed E-state index contributed by atoms with van der Waals surface area (Å²) in [6, 6.07) is 6.85. The van der Waals surface area contributed by atoms with Crippen LogP contribution in [0.5, 0.6) is 0 Å². The summed E-state index contributed by atoms with van der Waals surface area (Å²) in [4.78, 5) is 25.8. The van der Waals surface area contributed by atoms with Gasteiger partial charge in [-0.25, -0.2) is 4.79 Å². The third-order valence-corrected chi connectivity index (χ3v) is 4.92. The smallest absolute Gasteiger partial charge is 0.337 e. The number of rotatable bonds is 3. The van der Waals surface area contributed by atoms with Gasteiger partial charge in [-0.3, -0.25) is 9.69 Å². The molecule has 0 unspecified atom stereocenters. The summed E-state index contributed by atoms with van der Waals surface area (Å²) in [5, 5.41) is 9.93. The highest BCUT2D eigenvalue weighted by Crippen LogP contribution is 2.42. The van der Waals surface area contributed by atoms with Crippen molar-refractivity contribution >= 4 is 49.4 Å². The van der Waals surface area contributed by atoms with Crippen LogP contribution in [0, 0.1) is 0 Å². The zero-order valence-corrected chi connectivity index (χ0v) is 14.6. The molecular weight excluding hydrogens is 406 g/mol. The lowest BCUT2D eigenvalue weighted by molar-refractivity contribution is -0.147. The molecule has 0 fully saturated rings. The van der Waals surface area contributed by atoms with E-state index in [1.54, 1.807) is 31.2 Å². The minimum Gasteiger partial charge on any atom is -0.502 e. The molecule has 1 aromatic carbocycles. The van der Waals surface area contributed by atoms with Gasteiger partial charge >= 0.3 is 5.97 Å². The Morgan fingerprint density at radius 2 is 1.90 bits per heavy atom. The third kappa shape index (κ3) is 2.48. The molecule has 1 amide bonds. The second-order valence-electron chi connectivity index (χ2n) is 4.57. The number of carbonyl (C=O) groups excluding carboxylic acids is 2. The number of hydrogen-bond donors (Lipinski definition) is 1. The Hall–Kier alpha value is -1.34. The summed E-state index contributed by atoms with van der Waals surface area (Å²) in [7, 11) is 0. The molecule has 0 saturated carbocycles. The van der Waals surface area contributed by atoms with Gasteiger partial charge in [-0.2, -0.15) is 0 Å². The number of aliphatic hydroxyl groups excluding tert-OH is 1. The van der Waals surface area contributed by atoms with E-state index >= 15 is 0 Å². The summed E-state index contributed by atoms with van der Waals surface area (Å²) in [6.07, 6.45) is 0. The molecule has 0 aromatic heterocycles. The molecule has 1 aliphatic rings. The second-order valence-corrected chi connectivity index (χ2v) is 6.28. The zero-order chi connectivity index (χ0) is 15.8. The Bertz CT molecular complexity index is 626. The Labute approximate surface area is 138 Å². The molecule has 0 aliphatic carbocycles. The van der Waals surface area contributed by atoms with E-state index in [-0.39, 0.29) is 11.1 Å². The standard InChI is InChI=1S/C14H13Br2NO4/c1-3-21-13(20)14(2)11(16)10(18)12(19)17(14)9-6-4-8(15)5-7-9/h4-7,18H,3H2,1-2H3/t14-/m0/s1. The molecule has 2 rings (SSSR count). The molecule has 0 spiro atoms. The van der Waals surface area contributed by atoms with Gasteiger partial charge in [0.25, 0.3) is 5.91 Å². The van der Waals surface area contributed by atoms with E-state index in [1.165, 1.54) is 11.8 Å². The lowest BCUT2D eigenvalue weighted by Gasteiger charge is -2.33. The van der Waals surface area contributed by atoms with Gasteiger partial charge in [0.05, 0.1) is 11.1 Å². The number of nitrogens with zero attached hydrogens (tertiary/aromatic N) is 1. The van der Waals surface area contributed by atoms with Gasteiger partial charge in [-0.15, -0.1) is 0 Å². The van der Waals surface area contributed by atoms with Gasteiger partial charge in [-0.1, -0.05) is 15.9 Å². The van der Waals surface area contributed by atoms with Crippen LogP contribution in [0.3, 0.4) is 0 Å². The summed E-state index contributed by atoms with van der Waals surface area (Å²) < 4.78 is 5.99. The third-order valence-electron chi connectivity index (χ3n) is 3.25. The monoisotopic (exact) mass is 417 g/mol. The molecule has 1 aromatic rings. The van der Waals surface area contributed by atoms with Gasteiger partial charge in [-0.05, 0) is 54.0 Å². The van der Waals surface area contributed by atoms with Crippen molar-refractivity contribution in [3.8, 4) is 0 Å². The van der Waals surface area contributed by atoms with Gasteiger partial charge in [0.2, 0.25) is 0 Å². The Morgan fingerprint density at radius 3 is 2.43 bits per heavy atom. The number of carbonyl (C=O) groups is 2. The van der Waals surface area contributed by atoms with Crippen molar-refractivity contribution in [1.82, 2.24) is 0 Å². The summed E-state index contributed by atoms with van der Waals surface area (Å²) >= 11 is 6.46. The molecular formula is C14H13Br2NO4. The fourth-order valence-corrected chi connectivity index (χ4v) is 2.92. The number of benzene rings is 1. The molecule has 7 heteroatoms. The van der Waals surface area contributed by atoms with Gasteiger partial charge < -0.3 is 9.84 Å². The van der Waals surface area contributed by atoms with Crippen molar-refractivity contribution in [3.05, 3.63) is 39.0 Å². The normalized spacial score (nSPS) is 21.9. The molecule has 1 atom stereocenters. The van der Waals surface area contributed by atoms with Crippen molar-refractivity contribution in [3.63, 3.8) is 0 Å². The molecule has 1 aliphatic heterocycles. The highest BCUT2D eigenvalue weighted by Gasteiger charge is 2.55. The Kier molecular flexibility index (Phi) is 4.43. The Morgan fingerprint density at radius 1 is 1.33 bits per heavy atom. The highest BCUT2D eigenvalue weighted by molar-refractivity contribution is 9.11. The van der Waals surface area contributed by atoms with E-state index in [4.69, 9.17) is 4.74 Å². The molecule has 0 radical (unpaired) electrons. The SMILES string of the molecule is CCOC(=O)[C@]1(C)C(Br)=C(O)C(=O)N1c1ccc(Br)cc1. The number of ether oxygens (including phenoxy) is 1. The van der Waals surface area contributed by atoms with Crippen LogP contribution < -0.4 is 4.90 Å². The van der Waals surface area contributed by atoms with Crippen molar-refractivity contribution in [1.29, 1.82) is 0 Å². The van der Waals surface area contributed by atoms with Gasteiger partial charge in [0.1, 0.15) is 0 Å². The van der Waals surface area contributed by atoms with Crippen LogP contribution in [0.2, 0.25) is 0 Å². The molecule has 1 N–H and O–H groups in total. The highest BCUT2D eigenvalue weighted by atomic mass is 79.9. The fraction of sp³-hybridized carbons (Fsp3) is 0.286.